The van der Waals surface area contributed by atoms with Gasteiger partial charge in [0, 0.05) is 6.42 Å². The number of benzene rings is 1. The predicted molar refractivity (Wildman–Crippen MR) is 70.7 cm³/mol. The molecule has 0 aliphatic heterocycles. The number of carboxylic acids is 1. The van der Waals surface area contributed by atoms with Gasteiger partial charge in [0.1, 0.15) is 0 Å². The van der Waals surface area contributed by atoms with Crippen LogP contribution in [0, 0.1) is 0 Å². The lowest BCUT2D eigenvalue weighted by atomic mass is 10.2. The molecule has 90 valence electrons. The average molecular weight is 230 g/mol. The maximum Gasteiger partial charge on any atom is 0.303 e. The van der Waals surface area contributed by atoms with Gasteiger partial charge in [-0.05, 0) is 24.8 Å². The summed E-state index contributed by atoms with van der Waals surface area (Å²) in [5.41, 5.74) is 1.18. The van der Waals surface area contributed by atoms with Crippen molar-refractivity contribution in [3.63, 3.8) is 0 Å². The van der Waals surface area contributed by atoms with Crippen molar-refractivity contribution in [3.05, 3.63) is 54.1 Å². The van der Waals surface area contributed by atoms with Crippen LogP contribution >= 0.6 is 0 Å². The van der Waals surface area contributed by atoms with Crippen molar-refractivity contribution in [1.29, 1.82) is 0 Å². The zero-order valence-corrected chi connectivity index (χ0v) is 9.88. The van der Waals surface area contributed by atoms with E-state index in [0.29, 0.717) is 0 Å². The molecule has 0 saturated heterocycles. The van der Waals surface area contributed by atoms with E-state index in [-0.39, 0.29) is 6.42 Å². The molecule has 0 fully saturated rings. The number of carboxylic acid groups (broad SMARTS) is 1. The first kappa shape index (κ1) is 13.2. The molecule has 0 heterocycles. The highest BCUT2D eigenvalue weighted by molar-refractivity contribution is 5.66. The van der Waals surface area contributed by atoms with Crippen molar-refractivity contribution in [2.75, 3.05) is 0 Å². The van der Waals surface area contributed by atoms with E-state index in [4.69, 9.17) is 5.11 Å². The standard InChI is InChI=1S/C15H18O2/c16-15(17)13-9-4-2-1-3-6-10-14-11-7-5-8-12-14/h1,3,5-8,10-12H,2,4,9,13H2,(H,16,17)/b3-1+,10-6+. The zero-order chi connectivity index (χ0) is 12.3. The topological polar surface area (TPSA) is 37.3 Å². The number of hydrogen-bond acceptors (Lipinski definition) is 1. The Morgan fingerprint density at radius 1 is 1.12 bits per heavy atom. The second-order valence-corrected chi connectivity index (χ2v) is 3.84. The number of hydrogen-bond donors (Lipinski definition) is 1. The summed E-state index contributed by atoms with van der Waals surface area (Å²) >= 11 is 0. The SMILES string of the molecule is O=C(O)CCCC/C=C/C=C/c1ccccc1. The average Bonchev–Trinajstić information content (AvgIpc) is 2.33. The van der Waals surface area contributed by atoms with Crippen molar-refractivity contribution in [2.24, 2.45) is 0 Å². The van der Waals surface area contributed by atoms with Gasteiger partial charge in [-0.3, -0.25) is 4.79 Å². The summed E-state index contributed by atoms with van der Waals surface area (Å²) < 4.78 is 0. The van der Waals surface area contributed by atoms with Gasteiger partial charge in [-0.15, -0.1) is 0 Å². The molecule has 0 radical (unpaired) electrons. The lowest BCUT2D eigenvalue weighted by molar-refractivity contribution is -0.137. The molecule has 1 rings (SSSR count). The van der Waals surface area contributed by atoms with Crippen LogP contribution in [0.4, 0.5) is 0 Å². The number of carbonyl (C=O) groups is 1. The van der Waals surface area contributed by atoms with Crippen LogP contribution in [0.25, 0.3) is 6.08 Å². The second-order valence-electron chi connectivity index (χ2n) is 3.84. The predicted octanol–water partition coefficient (Wildman–Crippen LogP) is 3.90. The van der Waals surface area contributed by atoms with Gasteiger partial charge >= 0.3 is 5.97 Å². The zero-order valence-electron chi connectivity index (χ0n) is 9.88. The van der Waals surface area contributed by atoms with Crippen LogP contribution < -0.4 is 0 Å². The van der Waals surface area contributed by atoms with E-state index in [1.165, 1.54) is 5.56 Å². The monoisotopic (exact) mass is 230 g/mol. The highest BCUT2D eigenvalue weighted by atomic mass is 16.4. The largest absolute Gasteiger partial charge is 0.481 e. The molecule has 0 saturated carbocycles. The van der Waals surface area contributed by atoms with Crippen molar-refractivity contribution in [1.82, 2.24) is 0 Å². The van der Waals surface area contributed by atoms with Crippen LogP contribution in [-0.4, -0.2) is 11.1 Å². The minimum absolute atomic E-state index is 0.272. The first-order valence-corrected chi connectivity index (χ1v) is 5.89. The van der Waals surface area contributed by atoms with Crippen molar-refractivity contribution in [3.8, 4) is 0 Å². The van der Waals surface area contributed by atoms with Crippen molar-refractivity contribution in [2.45, 2.75) is 25.7 Å². The van der Waals surface area contributed by atoms with Gasteiger partial charge in [-0.2, -0.15) is 0 Å². The molecule has 0 aromatic heterocycles. The van der Waals surface area contributed by atoms with Crippen LogP contribution in [-0.2, 0) is 4.79 Å². The summed E-state index contributed by atoms with van der Waals surface area (Å²) in [5, 5.41) is 8.45. The molecule has 2 heteroatoms. The molecule has 1 N–H and O–H groups in total. The van der Waals surface area contributed by atoms with Gasteiger partial charge in [0.05, 0.1) is 0 Å². The molecular formula is C15H18O2. The fourth-order valence-electron chi connectivity index (χ4n) is 1.44. The minimum atomic E-state index is -0.710. The Labute approximate surface area is 102 Å². The highest BCUT2D eigenvalue weighted by Gasteiger charge is 1.93. The highest BCUT2D eigenvalue weighted by Crippen LogP contribution is 2.03. The van der Waals surface area contributed by atoms with Gasteiger partial charge in [-0.1, -0.05) is 54.6 Å². The van der Waals surface area contributed by atoms with Crippen LogP contribution in [0.2, 0.25) is 0 Å². The quantitative estimate of drug-likeness (QED) is 0.569. The molecule has 0 aliphatic rings. The van der Waals surface area contributed by atoms with Gasteiger partial charge in [0.15, 0.2) is 0 Å². The molecule has 17 heavy (non-hydrogen) atoms. The second kappa shape index (κ2) is 8.34. The molecule has 0 amide bonds. The summed E-state index contributed by atoms with van der Waals surface area (Å²) in [5.74, 6) is -0.710. The Balaban J connectivity index is 2.14. The molecule has 0 aliphatic carbocycles. The van der Waals surface area contributed by atoms with Crippen molar-refractivity contribution < 1.29 is 9.90 Å². The third kappa shape index (κ3) is 7.12. The summed E-state index contributed by atoms with van der Waals surface area (Å²) in [4.78, 5) is 10.3. The first-order valence-electron chi connectivity index (χ1n) is 5.89. The molecule has 2 nitrogen and oxygen atoms in total. The van der Waals surface area contributed by atoms with E-state index in [1.807, 2.05) is 36.4 Å². The normalized spacial score (nSPS) is 11.3. The van der Waals surface area contributed by atoms with Crippen LogP contribution in [0.15, 0.2) is 48.6 Å². The Kier molecular flexibility index (Phi) is 6.49. The number of allylic oxidation sites excluding steroid dienone is 3. The summed E-state index contributed by atoms with van der Waals surface area (Å²) in [7, 11) is 0. The van der Waals surface area contributed by atoms with E-state index in [0.717, 1.165) is 19.3 Å². The fraction of sp³-hybridized carbons (Fsp3) is 0.267. The Morgan fingerprint density at radius 2 is 1.88 bits per heavy atom. The minimum Gasteiger partial charge on any atom is -0.481 e. The number of aliphatic carboxylic acids is 1. The maximum absolute atomic E-state index is 10.3. The third-order valence-corrected chi connectivity index (χ3v) is 2.35. The fourth-order valence-corrected chi connectivity index (χ4v) is 1.44. The molecule has 0 atom stereocenters. The van der Waals surface area contributed by atoms with Gasteiger partial charge in [0.25, 0.3) is 0 Å². The molecule has 0 spiro atoms. The first-order chi connectivity index (χ1) is 8.29. The van der Waals surface area contributed by atoms with E-state index in [1.54, 1.807) is 0 Å². The third-order valence-electron chi connectivity index (χ3n) is 2.35. The van der Waals surface area contributed by atoms with E-state index in [9.17, 15) is 4.79 Å². The molecule has 1 aromatic rings. The Hall–Kier alpha value is -1.83. The Morgan fingerprint density at radius 3 is 2.59 bits per heavy atom. The number of rotatable bonds is 7. The van der Waals surface area contributed by atoms with Crippen LogP contribution in [0.5, 0.6) is 0 Å². The van der Waals surface area contributed by atoms with Gasteiger partial charge < -0.3 is 5.11 Å². The Bertz CT molecular complexity index is 377. The maximum atomic E-state index is 10.3. The summed E-state index contributed by atoms with van der Waals surface area (Å²) in [6.07, 6.45) is 11.0. The van der Waals surface area contributed by atoms with E-state index < -0.39 is 5.97 Å². The van der Waals surface area contributed by atoms with Crippen molar-refractivity contribution >= 4 is 12.0 Å². The lowest BCUT2D eigenvalue weighted by Crippen LogP contribution is -1.92. The molecule has 0 unspecified atom stereocenters. The summed E-state index contributed by atoms with van der Waals surface area (Å²) in [6.45, 7) is 0. The van der Waals surface area contributed by atoms with E-state index in [2.05, 4.69) is 18.2 Å². The lowest BCUT2D eigenvalue weighted by Gasteiger charge is -1.92. The van der Waals surface area contributed by atoms with Crippen LogP contribution in [0.3, 0.4) is 0 Å². The molecule has 1 aromatic carbocycles. The van der Waals surface area contributed by atoms with E-state index >= 15 is 0 Å². The summed E-state index contributed by atoms with van der Waals surface area (Å²) in [6, 6.07) is 10.1. The van der Waals surface area contributed by atoms with Gasteiger partial charge in [-0.25, -0.2) is 0 Å². The number of unbranched alkanes of at least 4 members (excludes halogenated alkanes) is 2. The molecule has 0 bridgehead atoms. The molecular weight excluding hydrogens is 212 g/mol. The smallest absolute Gasteiger partial charge is 0.303 e. The van der Waals surface area contributed by atoms with Gasteiger partial charge in [0.2, 0.25) is 0 Å². The van der Waals surface area contributed by atoms with Crippen LogP contribution in [0.1, 0.15) is 31.2 Å².